The molecule has 1 aliphatic carbocycles. The molecule has 1 aliphatic rings. The largest absolute Gasteiger partial charge is 0.308 e. The first kappa shape index (κ1) is 27.9. The van der Waals surface area contributed by atoms with Crippen LogP contribution >= 0.6 is 0 Å². The van der Waals surface area contributed by atoms with Gasteiger partial charge >= 0.3 is 0 Å². The van der Waals surface area contributed by atoms with Gasteiger partial charge in [0.05, 0.1) is 38.6 Å². The maximum atomic E-state index is 5.53. The van der Waals surface area contributed by atoms with Crippen LogP contribution in [0.1, 0.15) is 25.0 Å². The van der Waals surface area contributed by atoms with Crippen molar-refractivity contribution in [1.29, 1.82) is 0 Å². The number of para-hydroxylation sites is 3. The van der Waals surface area contributed by atoms with Gasteiger partial charge in [-0.3, -0.25) is 4.57 Å². The van der Waals surface area contributed by atoms with Gasteiger partial charge in [0.25, 0.3) is 0 Å². The minimum Gasteiger partial charge on any atom is -0.308 e. The Kier molecular flexibility index (Phi) is 4.92. The monoisotopic (exact) mass is 674 g/mol. The minimum atomic E-state index is -0.0740. The van der Waals surface area contributed by atoms with Gasteiger partial charge in [0, 0.05) is 43.3 Å². The van der Waals surface area contributed by atoms with Gasteiger partial charge < -0.3 is 4.40 Å². The van der Waals surface area contributed by atoms with Crippen molar-refractivity contribution in [3.8, 4) is 28.2 Å². The zero-order valence-electron chi connectivity index (χ0n) is 29.1. The Hall–Kier alpha value is -6.78. The number of rotatable bonds is 2. The van der Waals surface area contributed by atoms with Crippen LogP contribution < -0.4 is 0 Å². The van der Waals surface area contributed by atoms with E-state index in [9.17, 15) is 0 Å². The summed E-state index contributed by atoms with van der Waals surface area (Å²) >= 11 is 0. The van der Waals surface area contributed by atoms with E-state index in [-0.39, 0.29) is 5.41 Å². The van der Waals surface area contributed by atoms with Crippen molar-refractivity contribution in [2.75, 3.05) is 0 Å². The molecular weight excluding hydrogens is 645 g/mol. The third-order valence-electron chi connectivity index (χ3n) is 12.4. The zero-order valence-corrected chi connectivity index (χ0v) is 29.1. The zero-order chi connectivity index (χ0) is 34.7. The molecule has 246 valence electrons. The summed E-state index contributed by atoms with van der Waals surface area (Å²) in [5, 5.41) is 10.1. The van der Waals surface area contributed by atoms with Crippen LogP contribution in [0.5, 0.6) is 0 Å². The quantitative estimate of drug-likeness (QED) is 0.171. The predicted octanol–water partition coefficient (Wildman–Crippen LogP) is 12.4. The Morgan fingerprint density at radius 1 is 0.472 bits per heavy atom. The normalized spacial score (nSPS) is 14.0. The lowest BCUT2D eigenvalue weighted by Gasteiger charge is -2.21. The van der Waals surface area contributed by atoms with Crippen molar-refractivity contribution in [1.82, 2.24) is 18.9 Å². The molecule has 0 amide bonds. The van der Waals surface area contributed by atoms with Crippen molar-refractivity contribution >= 4 is 81.7 Å². The summed E-state index contributed by atoms with van der Waals surface area (Å²) in [6, 6.07) is 53.5. The fourth-order valence-corrected chi connectivity index (χ4v) is 10.1. The van der Waals surface area contributed by atoms with Crippen molar-refractivity contribution < 1.29 is 0 Å². The summed E-state index contributed by atoms with van der Waals surface area (Å²) in [6.45, 7) is 4.67. The Labute approximate surface area is 303 Å². The molecular formula is C49H30N4. The highest BCUT2D eigenvalue weighted by Crippen LogP contribution is 2.51. The standard InChI is InChI=1S/C49H30N4/c1-49(2)34-13-5-3-11-30(34)33-26-29(20-23-35(33)49)46-48(51-37-15-7-6-14-36(37)50-46)53-40-24-21-28-19-18-27-10-9-17-39-42(27)43(28)44(40)45-41(53)25-22-32-31-12-4-8-16-38(31)52(39)47(32)45/h3-26H,1-2H3. The van der Waals surface area contributed by atoms with Crippen molar-refractivity contribution in [2.24, 2.45) is 0 Å². The fourth-order valence-electron chi connectivity index (χ4n) is 10.1. The third-order valence-corrected chi connectivity index (χ3v) is 12.4. The van der Waals surface area contributed by atoms with E-state index in [4.69, 9.17) is 9.97 Å². The van der Waals surface area contributed by atoms with Gasteiger partial charge in [0.2, 0.25) is 0 Å². The second-order valence-electron chi connectivity index (χ2n) is 15.4. The van der Waals surface area contributed by atoms with Gasteiger partial charge in [-0.1, -0.05) is 117 Å². The maximum absolute atomic E-state index is 5.53. The van der Waals surface area contributed by atoms with Gasteiger partial charge in [0.15, 0.2) is 5.82 Å². The minimum absolute atomic E-state index is 0.0740. The highest BCUT2D eigenvalue weighted by atomic mass is 15.1. The van der Waals surface area contributed by atoms with E-state index >= 15 is 0 Å². The predicted molar refractivity (Wildman–Crippen MR) is 220 cm³/mol. The molecule has 4 nitrogen and oxygen atoms in total. The highest BCUT2D eigenvalue weighted by molar-refractivity contribution is 6.37. The highest BCUT2D eigenvalue weighted by Gasteiger charge is 2.35. The molecule has 8 aromatic carbocycles. The summed E-state index contributed by atoms with van der Waals surface area (Å²) in [5.74, 6) is 0.844. The van der Waals surface area contributed by atoms with Crippen LogP contribution in [0.2, 0.25) is 0 Å². The van der Waals surface area contributed by atoms with E-state index in [2.05, 4.69) is 168 Å². The second-order valence-corrected chi connectivity index (χ2v) is 15.4. The Morgan fingerprint density at radius 3 is 2.08 bits per heavy atom. The molecule has 0 saturated heterocycles. The van der Waals surface area contributed by atoms with Crippen LogP contribution in [0.4, 0.5) is 0 Å². The summed E-state index contributed by atoms with van der Waals surface area (Å²) in [6.07, 6.45) is 0. The smallest absolute Gasteiger partial charge is 0.165 e. The number of hydrogen-bond acceptors (Lipinski definition) is 2. The molecule has 0 bridgehead atoms. The SMILES string of the molecule is CC1(C)c2ccccc2-c2cc(-c3nc4ccccc4nc3-n3c4ccc5ccc6cccc7c6c5c4c4c3ccc3c5ccccc5n7c34)ccc21. The van der Waals surface area contributed by atoms with Gasteiger partial charge in [-0.2, -0.15) is 0 Å². The first-order valence-corrected chi connectivity index (χ1v) is 18.4. The number of nitrogens with zero attached hydrogens (tertiary/aromatic N) is 4. The summed E-state index contributed by atoms with van der Waals surface area (Å²) in [4.78, 5) is 11.0. The first-order chi connectivity index (χ1) is 26.1. The van der Waals surface area contributed by atoms with Crippen LogP contribution in [-0.4, -0.2) is 18.9 Å². The second kappa shape index (κ2) is 9.36. The molecule has 0 unspecified atom stereocenters. The van der Waals surface area contributed by atoms with Crippen molar-refractivity contribution in [3.63, 3.8) is 0 Å². The molecule has 0 radical (unpaired) electrons. The molecule has 0 fully saturated rings. The van der Waals surface area contributed by atoms with Crippen LogP contribution in [0, 0.1) is 0 Å². The van der Waals surface area contributed by atoms with Crippen LogP contribution in [0.15, 0.2) is 146 Å². The van der Waals surface area contributed by atoms with Gasteiger partial charge in [-0.25, -0.2) is 9.97 Å². The van der Waals surface area contributed by atoms with Crippen LogP contribution in [0.25, 0.3) is 110 Å². The number of hydrogen-bond donors (Lipinski definition) is 0. The van der Waals surface area contributed by atoms with E-state index < -0.39 is 0 Å². The molecule has 4 heteroatoms. The first-order valence-electron chi connectivity index (χ1n) is 18.4. The van der Waals surface area contributed by atoms with E-state index in [1.54, 1.807) is 0 Å². The van der Waals surface area contributed by atoms with E-state index in [1.807, 2.05) is 0 Å². The molecule has 4 heterocycles. The Morgan fingerprint density at radius 2 is 1.17 bits per heavy atom. The average molecular weight is 675 g/mol. The molecule has 0 saturated carbocycles. The maximum Gasteiger partial charge on any atom is 0.165 e. The summed E-state index contributed by atoms with van der Waals surface area (Å²) < 4.78 is 4.92. The Bertz CT molecular complexity index is 3540. The lowest BCUT2D eigenvalue weighted by molar-refractivity contribution is 0.660. The lowest BCUT2D eigenvalue weighted by atomic mass is 9.82. The van der Waals surface area contributed by atoms with Gasteiger partial charge in [0.1, 0.15) is 5.69 Å². The molecule has 12 aromatic rings. The average Bonchev–Trinajstić information content (AvgIpc) is 3.76. The number of benzene rings is 8. The molecule has 53 heavy (non-hydrogen) atoms. The van der Waals surface area contributed by atoms with Crippen molar-refractivity contribution in [3.05, 3.63) is 157 Å². The summed E-state index contributed by atoms with van der Waals surface area (Å²) in [5.41, 5.74) is 14.9. The van der Waals surface area contributed by atoms with Crippen LogP contribution in [-0.2, 0) is 5.41 Å². The van der Waals surface area contributed by atoms with Crippen LogP contribution in [0.3, 0.4) is 0 Å². The van der Waals surface area contributed by atoms with Gasteiger partial charge in [-0.05, 0) is 75.5 Å². The van der Waals surface area contributed by atoms with E-state index in [0.29, 0.717) is 0 Å². The summed E-state index contributed by atoms with van der Waals surface area (Å²) in [7, 11) is 0. The van der Waals surface area contributed by atoms with E-state index in [0.717, 1.165) is 39.1 Å². The molecule has 4 aromatic heterocycles. The lowest BCUT2D eigenvalue weighted by Crippen LogP contribution is -2.14. The number of fused-ring (bicyclic) bond motifs is 8. The topological polar surface area (TPSA) is 35.1 Å². The molecule has 0 N–H and O–H groups in total. The molecule has 0 spiro atoms. The van der Waals surface area contributed by atoms with E-state index in [1.165, 1.54) is 81.9 Å². The fraction of sp³-hybridized carbons (Fsp3) is 0.0612. The van der Waals surface area contributed by atoms with Crippen molar-refractivity contribution in [2.45, 2.75) is 19.3 Å². The van der Waals surface area contributed by atoms with Gasteiger partial charge in [-0.15, -0.1) is 0 Å². The molecule has 13 rings (SSSR count). The molecule has 0 aliphatic heterocycles. The molecule has 0 atom stereocenters. The number of aromatic nitrogens is 4. The third kappa shape index (κ3) is 3.29. The Balaban J connectivity index is 1.23.